The second-order valence-electron chi connectivity index (χ2n) is 4.12. The number of carbonyl (C=O) groups is 1. The Morgan fingerprint density at radius 2 is 2.33 bits per heavy atom. The van der Waals surface area contributed by atoms with Crippen LogP contribution in [0.4, 0.5) is 0 Å². The summed E-state index contributed by atoms with van der Waals surface area (Å²) in [5, 5.41) is 6.86. The van der Waals surface area contributed by atoms with Crippen molar-refractivity contribution in [3.05, 3.63) is 18.0 Å². The number of nitrogens with zero attached hydrogens (tertiary/aromatic N) is 2. The average molecular weight is 230 g/mol. The zero-order valence-corrected chi connectivity index (χ0v) is 10.0. The molecule has 0 aliphatic rings. The number of nitrogens with one attached hydrogen (secondary N) is 1. The number of carbonyl (C=O) groups excluding carboxylic acids is 1. The molecule has 0 saturated heterocycles. The molecule has 0 saturated carbocycles. The molecule has 1 rings (SSSR count). The van der Waals surface area contributed by atoms with E-state index in [9.17, 15) is 4.79 Å². The first-order chi connectivity index (χ1) is 6.96. The smallest absolute Gasteiger partial charge is 0.269 e. The van der Waals surface area contributed by atoms with Crippen molar-refractivity contribution in [3.63, 3.8) is 0 Å². The van der Waals surface area contributed by atoms with Crippen molar-refractivity contribution in [1.29, 1.82) is 0 Å². The lowest BCUT2D eigenvalue weighted by molar-refractivity contribution is 0.0902. The maximum atomic E-state index is 11.8. The third-order valence-corrected chi connectivity index (χ3v) is 2.41. The van der Waals surface area contributed by atoms with Gasteiger partial charge in [-0.3, -0.25) is 9.48 Å². The van der Waals surface area contributed by atoms with Gasteiger partial charge in [-0.15, -0.1) is 11.6 Å². The van der Waals surface area contributed by atoms with Crippen LogP contribution in [0.3, 0.4) is 0 Å². The summed E-state index contributed by atoms with van der Waals surface area (Å²) < 4.78 is 1.55. The summed E-state index contributed by atoms with van der Waals surface area (Å²) in [5.41, 5.74) is 0.265. The second-order valence-corrected chi connectivity index (χ2v) is 4.50. The third-order valence-electron chi connectivity index (χ3n) is 2.22. The van der Waals surface area contributed by atoms with E-state index in [1.165, 1.54) is 0 Å². The zero-order chi connectivity index (χ0) is 11.5. The summed E-state index contributed by atoms with van der Waals surface area (Å²) in [6.07, 6.45) is 2.33. The van der Waals surface area contributed by atoms with Gasteiger partial charge in [0.2, 0.25) is 0 Å². The number of hydrogen-bond acceptors (Lipinski definition) is 2. The summed E-state index contributed by atoms with van der Waals surface area (Å²) in [6, 6.07) is 1.69. The molecule has 4 nitrogen and oxygen atoms in total. The van der Waals surface area contributed by atoms with E-state index in [2.05, 4.69) is 10.4 Å². The van der Waals surface area contributed by atoms with Gasteiger partial charge in [0.1, 0.15) is 5.69 Å². The first-order valence-corrected chi connectivity index (χ1v) is 5.36. The molecule has 0 aliphatic carbocycles. The summed E-state index contributed by atoms with van der Waals surface area (Å²) in [4.78, 5) is 11.8. The lowest BCUT2D eigenvalue weighted by Crippen LogP contribution is -2.44. The van der Waals surface area contributed by atoms with Gasteiger partial charge in [-0.1, -0.05) is 0 Å². The molecule has 1 amide bonds. The van der Waals surface area contributed by atoms with Gasteiger partial charge in [0, 0.05) is 24.7 Å². The molecular weight excluding hydrogens is 214 g/mol. The first-order valence-electron chi connectivity index (χ1n) is 4.83. The Balaban J connectivity index is 2.68. The molecule has 1 heterocycles. The van der Waals surface area contributed by atoms with Crippen molar-refractivity contribution in [1.82, 2.24) is 15.1 Å². The van der Waals surface area contributed by atoms with Crippen LogP contribution in [-0.2, 0) is 7.05 Å². The van der Waals surface area contributed by atoms with Gasteiger partial charge < -0.3 is 5.32 Å². The molecule has 84 valence electrons. The highest BCUT2D eigenvalue weighted by atomic mass is 35.5. The molecule has 1 aromatic rings. The van der Waals surface area contributed by atoms with Crippen molar-refractivity contribution in [2.45, 2.75) is 25.8 Å². The van der Waals surface area contributed by atoms with Gasteiger partial charge >= 0.3 is 0 Å². The predicted molar refractivity (Wildman–Crippen MR) is 60.1 cm³/mol. The molecule has 0 radical (unpaired) electrons. The van der Waals surface area contributed by atoms with Gasteiger partial charge in [0.25, 0.3) is 5.91 Å². The Hall–Kier alpha value is -1.03. The Kier molecular flexibility index (Phi) is 3.74. The van der Waals surface area contributed by atoms with Crippen molar-refractivity contribution in [3.8, 4) is 0 Å². The number of alkyl halides is 1. The molecule has 5 heteroatoms. The van der Waals surface area contributed by atoms with E-state index >= 15 is 0 Å². The Morgan fingerprint density at radius 1 is 1.67 bits per heavy atom. The standard InChI is InChI=1S/C10H16ClN3O/c1-10(2,5-6-11)13-9(15)8-4-7-12-14(8)3/h4,7H,5-6H2,1-3H3,(H,13,15). The number of aryl methyl sites for hydroxylation is 1. The fourth-order valence-corrected chi connectivity index (χ4v) is 1.74. The van der Waals surface area contributed by atoms with Crippen LogP contribution in [0.1, 0.15) is 30.8 Å². The van der Waals surface area contributed by atoms with Crippen molar-refractivity contribution in [2.24, 2.45) is 7.05 Å². The summed E-state index contributed by atoms with van der Waals surface area (Å²) in [7, 11) is 1.74. The lowest BCUT2D eigenvalue weighted by atomic mass is 10.0. The van der Waals surface area contributed by atoms with Gasteiger partial charge in [-0.2, -0.15) is 5.10 Å². The van der Waals surface area contributed by atoms with Crippen LogP contribution in [0.15, 0.2) is 12.3 Å². The van der Waals surface area contributed by atoms with Crippen LogP contribution in [0, 0.1) is 0 Å². The van der Waals surface area contributed by atoms with Crippen molar-refractivity contribution >= 4 is 17.5 Å². The fourth-order valence-electron chi connectivity index (χ4n) is 1.27. The Bertz CT molecular complexity index is 346. The molecule has 0 aromatic carbocycles. The molecule has 0 aliphatic heterocycles. The van der Waals surface area contributed by atoms with Crippen LogP contribution in [0.25, 0.3) is 0 Å². The minimum absolute atomic E-state index is 0.120. The van der Waals surface area contributed by atoms with Gasteiger partial charge in [0.15, 0.2) is 0 Å². The van der Waals surface area contributed by atoms with Gasteiger partial charge in [-0.05, 0) is 26.3 Å². The summed E-state index contributed by atoms with van der Waals surface area (Å²) >= 11 is 5.66. The van der Waals surface area contributed by atoms with Crippen LogP contribution in [0.2, 0.25) is 0 Å². The fraction of sp³-hybridized carbons (Fsp3) is 0.600. The molecule has 0 fully saturated rings. The minimum atomic E-state index is -0.289. The summed E-state index contributed by atoms with van der Waals surface area (Å²) in [5.74, 6) is 0.406. The Morgan fingerprint density at radius 3 is 2.80 bits per heavy atom. The Labute approximate surface area is 94.6 Å². The SMILES string of the molecule is Cn1nccc1C(=O)NC(C)(C)CCCl. The predicted octanol–water partition coefficient (Wildman–Crippen LogP) is 1.56. The van der Waals surface area contributed by atoms with Crippen molar-refractivity contribution < 1.29 is 4.79 Å². The van der Waals surface area contributed by atoms with E-state index in [0.29, 0.717) is 11.6 Å². The van der Waals surface area contributed by atoms with E-state index in [1.54, 1.807) is 24.0 Å². The molecule has 0 spiro atoms. The lowest BCUT2D eigenvalue weighted by Gasteiger charge is -2.25. The number of amides is 1. The molecule has 15 heavy (non-hydrogen) atoms. The third kappa shape index (κ3) is 3.23. The second kappa shape index (κ2) is 4.66. The largest absolute Gasteiger partial charge is 0.346 e. The normalized spacial score (nSPS) is 11.5. The average Bonchev–Trinajstić information content (AvgIpc) is 2.50. The van der Waals surface area contributed by atoms with Crippen LogP contribution >= 0.6 is 11.6 Å². The van der Waals surface area contributed by atoms with E-state index in [-0.39, 0.29) is 11.4 Å². The summed E-state index contributed by atoms with van der Waals surface area (Å²) in [6.45, 7) is 3.90. The molecular formula is C10H16ClN3O. The highest BCUT2D eigenvalue weighted by molar-refractivity contribution is 6.17. The van der Waals surface area contributed by atoms with E-state index in [0.717, 1.165) is 6.42 Å². The van der Waals surface area contributed by atoms with Crippen LogP contribution < -0.4 is 5.32 Å². The van der Waals surface area contributed by atoms with Gasteiger partial charge in [0.05, 0.1) is 0 Å². The van der Waals surface area contributed by atoms with Crippen LogP contribution in [-0.4, -0.2) is 27.1 Å². The van der Waals surface area contributed by atoms with E-state index in [1.807, 2.05) is 13.8 Å². The molecule has 0 bridgehead atoms. The monoisotopic (exact) mass is 229 g/mol. The molecule has 1 aromatic heterocycles. The zero-order valence-electron chi connectivity index (χ0n) is 9.25. The number of hydrogen-bond donors (Lipinski definition) is 1. The first kappa shape index (κ1) is 12.0. The van der Waals surface area contributed by atoms with Gasteiger partial charge in [-0.25, -0.2) is 0 Å². The topological polar surface area (TPSA) is 46.9 Å². The maximum absolute atomic E-state index is 11.8. The highest BCUT2D eigenvalue weighted by Gasteiger charge is 2.21. The molecule has 1 N–H and O–H groups in total. The molecule has 0 unspecified atom stereocenters. The van der Waals surface area contributed by atoms with E-state index in [4.69, 9.17) is 11.6 Å². The maximum Gasteiger partial charge on any atom is 0.269 e. The van der Waals surface area contributed by atoms with Crippen LogP contribution in [0.5, 0.6) is 0 Å². The number of rotatable bonds is 4. The number of aromatic nitrogens is 2. The van der Waals surface area contributed by atoms with E-state index < -0.39 is 0 Å². The molecule has 0 atom stereocenters. The number of halogens is 1. The minimum Gasteiger partial charge on any atom is -0.346 e. The highest BCUT2D eigenvalue weighted by Crippen LogP contribution is 2.10. The van der Waals surface area contributed by atoms with Crippen molar-refractivity contribution in [2.75, 3.05) is 5.88 Å². The quantitative estimate of drug-likeness (QED) is 0.797.